The Balaban J connectivity index is 1.47. The molecule has 0 radical (unpaired) electrons. The van der Waals surface area contributed by atoms with Crippen LogP contribution in [-0.4, -0.2) is 66.3 Å². The Labute approximate surface area is 318 Å². The molecule has 3 atom stereocenters. The fourth-order valence-corrected chi connectivity index (χ4v) is 9.36. The molecule has 5 aromatic carbocycles. The predicted molar refractivity (Wildman–Crippen MR) is 216 cm³/mol. The lowest BCUT2D eigenvalue weighted by Crippen LogP contribution is -2.75. The number of nitrogens with one attached hydrogen (secondary N) is 2. The molecule has 6 rings (SSSR count). The van der Waals surface area contributed by atoms with E-state index in [0.29, 0.717) is 38.1 Å². The number of alkyl carbamates (subject to hydrolysis) is 1. The summed E-state index contributed by atoms with van der Waals surface area (Å²) in [6.07, 6.45) is 0.436. The van der Waals surface area contributed by atoms with Crippen molar-refractivity contribution in [1.82, 2.24) is 15.5 Å². The van der Waals surface area contributed by atoms with Gasteiger partial charge in [0.15, 0.2) is 0 Å². The van der Waals surface area contributed by atoms with E-state index in [0.717, 1.165) is 27.5 Å². The lowest BCUT2D eigenvalue weighted by Gasteiger charge is -2.52. The third-order valence-electron chi connectivity index (χ3n) is 9.92. The van der Waals surface area contributed by atoms with Crippen molar-refractivity contribution in [2.24, 2.45) is 0 Å². The van der Waals surface area contributed by atoms with Crippen LogP contribution in [-0.2, 0) is 14.2 Å². The molecule has 0 aliphatic carbocycles. The molecular formula is C45H51N3O4S. The number of fused-ring (bicyclic) bond motifs is 1. The molecular weight excluding hydrogens is 679 g/mol. The second-order valence-corrected chi connectivity index (χ2v) is 16.4. The molecule has 1 fully saturated rings. The maximum absolute atomic E-state index is 14.9. The highest BCUT2D eigenvalue weighted by atomic mass is 32.2. The minimum Gasteiger partial charge on any atom is -0.444 e. The van der Waals surface area contributed by atoms with Gasteiger partial charge in [0.2, 0.25) is 0 Å². The smallest absolute Gasteiger partial charge is 0.409 e. The third kappa shape index (κ3) is 8.46. The van der Waals surface area contributed by atoms with E-state index in [1.54, 1.807) is 7.11 Å². The molecule has 7 nitrogen and oxygen atoms in total. The largest absolute Gasteiger partial charge is 0.444 e. The lowest BCUT2D eigenvalue weighted by atomic mass is 9.84. The molecule has 0 bridgehead atoms. The molecule has 1 aliphatic heterocycles. The van der Waals surface area contributed by atoms with Crippen molar-refractivity contribution in [2.75, 3.05) is 26.8 Å². The van der Waals surface area contributed by atoms with Gasteiger partial charge in [-0.1, -0.05) is 134 Å². The number of carbonyl (C=O) groups excluding carboxylic acids is 2. The Morgan fingerprint density at radius 1 is 0.830 bits per heavy atom. The van der Waals surface area contributed by atoms with Crippen molar-refractivity contribution in [1.29, 1.82) is 0 Å². The van der Waals surface area contributed by atoms with Crippen molar-refractivity contribution in [2.45, 2.75) is 67.8 Å². The Morgan fingerprint density at radius 2 is 1.38 bits per heavy atom. The molecule has 2 unspecified atom stereocenters. The zero-order valence-corrected chi connectivity index (χ0v) is 32.2. The number of hydrogen-bond donors (Lipinski definition) is 2. The summed E-state index contributed by atoms with van der Waals surface area (Å²) in [6, 6.07) is 45.3. The van der Waals surface area contributed by atoms with Gasteiger partial charge in [-0.25, -0.2) is 4.79 Å². The lowest BCUT2D eigenvalue weighted by molar-refractivity contribution is -0.00407. The minimum absolute atomic E-state index is 0.0225. The maximum atomic E-state index is 14.9. The van der Waals surface area contributed by atoms with Crippen LogP contribution in [0.4, 0.5) is 4.79 Å². The van der Waals surface area contributed by atoms with Crippen LogP contribution in [0.3, 0.4) is 0 Å². The van der Waals surface area contributed by atoms with Gasteiger partial charge < -0.3 is 19.7 Å². The topological polar surface area (TPSA) is 79.9 Å². The summed E-state index contributed by atoms with van der Waals surface area (Å²) in [7, 11) is 1.66. The first-order valence-corrected chi connectivity index (χ1v) is 19.3. The van der Waals surface area contributed by atoms with Gasteiger partial charge in [0.1, 0.15) is 11.3 Å². The van der Waals surface area contributed by atoms with Crippen molar-refractivity contribution in [3.05, 3.63) is 156 Å². The summed E-state index contributed by atoms with van der Waals surface area (Å²) in [6.45, 7) is 9.10. The SMILES string of the molecule is COCCC1(NC(=O)OC(C)(C)C)NCCN(C(=O)c2cccc3ccccc23)C1C[C@H](C)SC(c1ccccc1)(c1ccccc1)c1ccccc1. The molecule has 1 aliphatic rings. The molecule has 276 valence electrons. The number of thioether (sulfide) groups is 1. The third-order valence-corrected chi connectivity index (χ3v) is 11.6. The number of ether oxygens (including phenoxy) is 2. The summed E-state index contributed by atoms with van der Waals surface area (Å²) in [4.78, 5) is 30.6. The van der Waals surface area contributed by atoms with E-state index >= 15 is 0 Å². The van der Waals surface area contributed by atoms with Crippen LogP contribution in [0.5, 0.6) is 0 Å². The van der Waals surface area contributed by atoms with E-state index in [2.05, 4.69) is 109 Å². The fourth-order valence-electron chi connectivity index (χ4n) is 7.66. The van der Waals surface area contributed by atoms with Gasteiger partial charge in [0, 0.05) is 44.0 Å². The van der Waals surface area contributed by atoms with Crippen LogP contribution in [0.25, 0.3) is 10.8 Å². The monoisotopic (exact) mass is 729 g/mol. The molecule has 1 heterocycles. The van der Waals surface area contributed by atoms with Gasteiger partial charge in [-0.15, -0.1) is 11.8 Å². The first-order valence-electron chi connectivity index (χ1n) is 18.4. The van der Waals surface area contributed by atoms with Crippen molar-refractivity contribution in [3.8, 4) is 0 Å². The van der Waals surface area contributed by atoms with Gasteiger partial charge >= 0.3 is 6.09 Å². The van der Waals surface area contributed by atoms with Crippen molar-refractivity contribution < 1.29 is 19.1 Å². The van der Waals surface area contributed by atoms with Crippen LogP contribution in [0.15, 0.2) is 133 Å². The number of rotatable bonds is 12. The summed E-state index contributed by atoms with van der Waals surface area (Å²) in [5.41, 5.74) is 2.38. The first-order chi connectivity index (χ1) is 25.6. The quantitative estimate of drug-likeness (QED) is 0.125. The average Bonchev–Trinajstić information content (AvgIpc) is 3.16. The van der Waals surface area contributed by atoms with E-state index in [1.165, 1.54) is 0 Å². The van der Waals surface area contributed by atoms with Gasteiger partial charge in [-0.2, -0.15) is 0 Å². The predicted octanol–water partition coefficient (Wildman–Crippen LogP) is 9.02. The molecule has 0 saturated carbocycles. The van der Waals surface area contributed by atoms with E-state index in [4.69, 9.17) is 9.47 Å². The second-order valence-electron chi connectivity index (χ2n) is 14.8. The van der Waals surface area contributed by atoms with Crippen LogP contribution < -0.4 is 10.6 Å². The number of piperazine rings is 1. The summed E-state index contributed by atoms with van der Waals surface area (Å²) in [5.74, 6) is -0.0706. The van der Waals surface area contributed by atoms with Gasteiger partial charge in [-0.05, 0) is 60.7 Å². The molecule has 0 aromatic heterocycles. The molecule has 2 amide bonds. The van der Waals surface area contributed by atoms with E-state index < -0.39 is 28.1 Å². The standard InChI is InChI=1S/C45H51N3O4S/c1-33(53-45(35-20-9-6-10-21-35,36-22-11-7-12-23-36)37-24-13-8-14-25-37)32-40-44(28-31-51-5,47-42(50)52-43(2,3)4)46-29-30-48(40)41(49)39-27-17-19-34-18-15-16-26-38(34)39/h6-27,33,40,46H,28-32H2,1-5H3,(H,47,50)/t33-,40?,44?/m0/s1. The van der Waals surface area contributed by atoms with Crippen LogP contribution in [0.1, 0.15) is 67.6 Å². The molecule has 1 saturated heterocycles. The maximum Gasteiger partial charge on any atom is 0.409 e. The summed E-state index contributed by atoms with van der Waals surface area (Å²) in [5, 5.41) is 8.81. The molecule has 8 heteroatoms. The van der Waals surface area contributed by atoms with Crippen LogP contribution in [0.2, 0.25) is 0 Å². The second kappa shape index (κ2) is 16.6. The number of nitrogens with zero attached hydrogens (tertiary/aromatic N) is 1. The number of hydrogen-bond acceptors (Lipinski definition) is 6. The minimum atomic E-state index is -1.04. The van der Waals surface area contributed by atoms with E-state index in [-0.39, 0.29) is 11.2 Å². The molecule has 53 heavy (non-hydrogen) atoms. The number of methoxy groups -OCH3 is 1. The van der Waals surface area contributed by atoms with Crippen LogP contribution >= 0.6 is 11.8 Å². The summed E-state index contributed by atoms with van der Waals surface area (Å²) < 4.78 is 10.9. The fraction of sp³-hybridized carbons (Fsp3) is 0.333. The van der Waals surface area contributed by atoms with Gasteiger partial charge in [0.05, 0.1) is 10.8 Å². The highest BCUT2D eigenvalue weighted by Gasteiger charge is 2.49. The Morgan fingerprint density at radius 3 is 1.94 bits per heavy atom. The first kappa shape index (κ1) is 38.1. The zero-order chi connectivity index (χ0) is 37.5. The van der Waals surface area contributed by atoms with Gasteiger partial charge in [0.25, 0.3) is 5.91 Å². The Hall–Kier alpha value is -4.63. The highest BCUT2D eigenvalue weighted by Crippen LogP contribution is 2.51. The van der Waals surface area contributed by atoms with E-state index in [9.17, 15) is 9.59 Å². The van der Waals surface area contributed by atoms with E-state index in [1.807, 2.05) is 79.9 Å². The molecule has 5 aromatic rings. The number of carbonyl (C=O) groups is 2. The number of amides is 2. The average molecular weight is 730 g/mol. The molecule has 2 N–H and O–H groups in total. The Bertz CT molecular complexity index is 1870. The van der Waals surface area contributed by atoms with Gasteiger partial charge in [-0.3, -0.25) is 10.1 Å². The van der Waals surface area contributed by atoms with Crippen molar-refractivity contribution >= 4 is 34.5 Å². The van der Waals surface area contributed by atoms with Crippen molar-refractivity contribution in [3.63, 3.8) is 0 Å². The highest BCUT2D eigenvalue weighted by molar-refractivity contribution is 8.01. The summed E-state index contributed by atoms with van der Waals surface area (Å²) >= 11 is 1.87. The normalized spacial score (nSPS) is 18.4. The number of benzene rings is 5. The van der Waals surface area contributed by atoms with Crippen LogP contribution in [0, 0.1) is 0 Å². The Kier molecular flexibility index (Phi) is 11.9. The molecule has 0 spiro atoms. The zero-order valence-electron chi connectivity index (χ0n) is 31.4.